The molecule has 2 heterocycles. The zero-order valence-corrected chi connectivity index (χ0v) is 12.8. The number of hydrogen-bond donors (Lipinski definition) is 1. The third-order valence-corrected chi connectivity index (χ3v) is 2.93. The Morgan fingerprint density at radius 3 is 2.85 bits per heavy atom. The molecule has 0 spiro atoms. The molecule has 110 valence electrons. The fraction of sp³-hybridized carbons (Fsp3) is 0.600. The molecule has 0 fully saturated rings. The van der Waals surface area contributed by atoms with Crippen LogP contribution in [0.25, 0.3) is 0 Å². The Bertz CT molecular complexity index is 536. The first kappa shape index (κ1) is 14.8. The third kappa shape index (κ3) is 4.49. The van der Waals surface area contributed by atoms with Crippen LogP contribution in [-0.4, -0.2) is 20.2 Å². The minimum atomic E-state index is 0.130. The molecule has 0 saturated heterocycles. The van der Waals surface area contributed by atoms with Crippen LogP contribution in [0.2, 0.25) is 0 Å². The Morgan fingerprint density at radius 2 is 2.15 bits per heavy atom. The first-order chi connectivity index (χ1) is 9.46. The van der Waals surface area contributed by atoms with Crippen molar-refractivity contribution in [1.29, 1.82) is 0 Å². The van der Waals surface area contributed by atoms with Gasteiger partial charge in [0.25, 0.3) is 0 Å². The summed E-state index contributed by atoms with van der Waals surface area (Å²) >= 11 is 0. The highest BCUT2D eigenvalue weighted by molar-refractivity contribution is 5.11. The van der Waals surface area contributed by atoms with Gasteiger partial charge in [0.05, 0.1) is 6.54 Å². The lowest BCUT2D eigenvalue weighted by molar-refractivity contribution is 0.371. The molecule has 0 aliphatic heterocycles. The number of rotatable bonds is 6. The van der Waals surface area contributed by atoms with E-state index in [0.29, 0.717) is 6.54 Å². The molecule has 0 unspecified atom stereocenters. The summed E-state index contributed by atoms with van der Waals surface area (Å²) in [6.45, 7) is 10.1. The van der Waals surface area contributed by atoms with Crippen molar-refractivity contribution in [2.75, 3.05) is 0 Å². The van der Waals surface area contributed by atoms with Crippen LogP contribution >= 0.6 is 0 Å². The summed E-state index contributed by atoms with van der Waals surface area (Å²) in [7, 11) is 0. The van der Waals surface area contributed by atoms with Gasteiger partial charge in [-0.3, -0.25) is 0 Å². The summed E-state index contributed by atoms with van der Waals surface area (Å²) in [5.41, 5.74) is 1.39. The summed E-state index contributed by atoms with van der Waals surface area (Å²) in [6.07, 6.45) is 6.04. The molecule has 0 radical (unpaired) electrons. The maximum absolute atomic E-state index is 5.19. The van der Waals surface area contributed by atoms with E-state index in [1.54, 1.807) is 0 Å². The van der Waals surface area contributed by atoms with Crippen LogP contribution in [0, 0.1) is 0 Å². The van der Waals surface area contributed by atoms with Gasteiger partial charge in [-0.1, -0.05) is 12.1 Å². The van der Waals surface area contributed by atoms with Crippen molar-refractivity contribution in [1.82, 2.24) is 20.0 Å². The Balaban J connectivity index is 1.91. The van der Waals surface area contributed by atoms with Gasteiger partial charge in [0.1, 0.15) is 0 Å². The van der Waals surface area contributed by atoms with Crippen LogP contribution in [0.4, 0.5) is 0 Å². The quantitative estimate of drug-likeness (QED) is 0.881. The maximum atomic E-state index is 5.19. The van der Waals surface area contributed by atoms with Crippen molar-refractivity contribution in [3.05, 3.63) is 35.7 Å². The van der Waals surface area contributed by atoms with Crippen molar-refractivity contribution in [2.45, 2.75) is 59.2 Å². The lowest BCUT2D eigenvalue weighted by atomic mass is 10.1. The van der Waals surface area contributed by atoms with Gasteiger partial charge < -0.3 is 14.4 Å². The van der Waals surface area contributed by atoms with Crippen LogP contribution in [0.5, 0.6) is 0 Å². The van der Waals surface area contributed by atoms with Crippen molar-refractivity contribution in [3.8, 4) is 0 Å². The van der Waals surface area contributed by atoms with Crippen molar-refractivity contribution < 1.29 is 4.52 Å². The highest BCUT2D eigenvalue weighted by atomic mass is 16.5. The number of nitrogens with zero attached hydrogens (tertiary/aromatic N) is 3. The van der Waals surface area contributed by atoms with Crippen LogP contribution < -0.4 is 5.32 Å². The molecule has 1 N–H and O–H groups in total. The summed E-state index contributed by atoms with van der Waals surface area (Å²) in [5, 5.41) is 7.48. The molecule has 0 aliphatic carbocycles. The molecule has 0 atom stereocenters. The summed E-state index contributed by atoms with van der Waals surface area (Å²) < 4.78 is 7.27. The van der Waals surface area contributed by atoms with E-state index in [9.17, 15) is 0 Å². The fourth-order valence-electron chi connectivity index (χ4n) is 1.89. The van der Waals surface area contributed by atoms with E-state index in [-0.39, 0.29) is 5.54 Å². The highest BCUT2D eigenvalue weighted by Crippen LogP contribution is 2.08. The van der Waals surface area contributed by atoms with Gasteiger partial charge in [-0.25, -0.2) is 0 Å². The van der Waals surface area contributed by atoms with Gasteiger partial charge in [0.2, 0.25) is 5.89 Å². The van der Waals surface area contributed by atoms with Gasteiger partial charge in [0, 0.05) is 30.9 Å². The van der Waals surface area contributed by atoms with E-state index in [4.69, 9.17) is 4.52 Å². The summed E-state index contributed by atoms with van der Waals surface area (Å²) in [6, 6.07) is 2.12. The number of nitrogens with one attached hydrogen (secondary N) is 1. The Morgan fingerprint density at radius 1 is 1.35 bits per heavy atom. The first-order valence-corrected chi connectivity index (χ1v) is 7.17. The minimum Gasteiger partial charge on any atom is -0.346 e. The van der Waals surface area contributed by atoms with E-state index in [1.807, 2.05) is 0 Å². The van der Waals surface area contributed by atoms with Crippen LogP contribution in [0.3, 0.4) is 0 Å². The van der Waals surface area contributed by atoms with Crippen LogP contribution in [0.15, 0.2) is 23.0 Å². The second-order valence-electron chi connectivity index (χ2n) is 6.15. The van der Waals surface area contributed by atoms with Crippen LogP contribution in [-0.2, 0) is 19.5 Å². The average Bonchev–Trinajstić information content (AvgIpc) is 2.97. The standard InChI is InChI=1S/C15H24N4O/c1-5-6-14-17-13(18-20-14)11-19-8-7-12(10-19)9-16-15(2,3)4/h7-8,10,16H,5-6,9,11H2,1-4H3. The van der Waals surface area contributed by atoms with Crippen molar-refractivity contribution in [3.63, 3.8) is 0 Å². The molecule has 0 aromatic carbocycles. The van der Waals surface area contributed by atoms with Crippen molar-refractivity contribution in [2.24, 2.45) is 0 Å². The van der Waals surface area contributed by atoms with Crippen molar-refractivity contribution >= 4 is 0 Å². The van der Waals surface area contributed by atoms with E-state index in [1.165, 1.54) is 5.56 Å². The Kier molecular flexibility index (Phi) is 4.60. The zero-order chi connectivity index (χ0) is 14.6. The van der Waals surface area contributed by atoms with Gasteiger partial charge >= 0.3 is 0 Å². The van der Waals surface area contributed by atoms with E-state index in [2.05, 4.69) is 66.2 Å². The molecule has 2 aromatic rings. The minimum absolute atomic E-state index is 0.130. The highest BCUT2D eigenvalue weighted by Gasteiger charge is 2.10. The van der Waals surface area contributed by atoms with Gasteiger partial charge in [-0.2, -0.15) is 4.98 Å². The predicted molar refractivity (Wildman–Crippen MR) is 78.4 cm³/mol. The molecule has 2 rings (SSSR count). The normalized spacial score (nSPS) is 12.0. The molecule has 5 heteroatoms. The molecular weight excluding hydrogens is 252 g/mol. The molecular formula is C15H24N4O. The van der Waals surface area contributed by atoms with Gasteiger partial charge in [0.15, 0.2) is 5.82 Å². The monoisotopic (exact) mass is 276 g/mol. The average molecular weight is 276 g/mol. The number of hydrogen-bond acceptors (Lipinski definition) is 4. The second-order valence-corrected chi connectivity index (χ2v) is 6.15. The van der Waals surface area contributed by atoms with E-state index in [0.717, 1.165) is 31.1 Å². The number of aryl methyl sites for hydroxylation is 1. The lowest BCUT2D eigenvalue weighted by Crippen LogP contribution is -2.34. The molecule has 5 nitrogen and oxygen atoms in total. The molecule has 2 aromatic heterocycles. The van der Waals surface area contributed by atoms with Gasteiger partial charge in [-0.05, 0) is 38.8 Å². The maximum Gasteiger partial charge on any atom is 0.226 e. The third-order valence-electron chi connectivity index (χ3n) is 2.93. The van der Waals surface area contributed by atoms with Crippen LogP contribution in [0.1, 0.15) is 51.4 Å². The lowest BCUT2D eigenvalue weighted by Gasteiger charge is -2.19. The fourth-order valence-corrected chi connectivity index (χ4v) is 1.89. The Hall–Kier alpha value is -1.62. The van der Waals surface area contributed by atoms with E-state index < -0.39 is 0 Å². The topological polar surface area (TPSA) is 55.9 Å². The Labute approximate surface area is 120 Å². The molecule has 0 amide bonds. The SMILES string of the molecule is CCCc1nc(Cn2ccc(CNC(C)(C)C)c2)no1. The molecule has 0 aliphatic rings. The molecule has 0 bridgehead atoms. The zero-order valence-electron chi connectivity index (χ0n) is 12.8. The summed E-state index contributed by atoms with van der Waals surface area (Å²) in [5.74, 6) is 1.46. The molecule has 20 heavy (non-hydrogen) atoms. The molecule has 0 saturated carbocycles. The second kappa shape index (κ2) is 6.22. The predicted octanol–water partition coefficient (Wildman–Crippen LogP) is 2.76. The summed E-state index contributed by atoms with van der Waals surface area (Å²) in [4.78, 5) is 4.38. The van der Waals surface area contributed by atoms with E-state index >= 15 is 0 Å². The largest absolute Gasteiger partial charge is 0.346 e. The van der Waals surface area contributed by atoms with Gasteiger partial charge in [-0.15, -0.1) is 0 Å². The smallest absolute Gasteiger partial charge is 0.226 e. The first-order valence-electron chi connectivity index (χ1n) is 7.17. The number of aromatic nitrogens is 3.